The Kier molecular flexibility index (Phi) is 4.34. The van der Waals surface area contributed by atoms with Crippen molar-refractivity contribution in [2.24, 2.45) is 0 Å². The van der Waals surface area contributed by atoms with Gasteiger partial charge in [0.2, 0.25) is 0 Å². The smallest absolute Gasteiger partial charge is 0.322 e. The number of likely N-dealkylation sites (N-methyl/N-ethyl adjacent to an activating group) is 1. The molecule has 0 bridgehead atoms. The van der Waals surface area contributed by atoms with Crippen molar-refractivity contribution in [1.82, 2.24) is 14.9 Å². The predicted molar refractivity (Wildman–Crippen MR) is 101 cm³/mol. The van der Waals surface area contributed by atoms with Gasteiger partial charge < -0.3 is 4.90 Å². The molecular formula is C21H22N4O. The summed E-state index contributed by atoms with van der Waals surface area (Å²) in [5, 5.41) is 0. The highest BCUT2D eigenvalue weighted by atomic mass is 16.2. The zero-order valence-electron chi connectivity index (χ0n) is 15.1. The molecule has 3 heterocycles. The lowest BCUT2D eigenvalue weighted by molar-refractivity contribution is 0.208. The van der Waals surface area contributed by atoms with Gasteiger partial charge in [-0.05, 0) is 43.5 Å². The van der Waals surface area contributed by atoms with Gasteiger partial charge in [0.25, 0.3) is 0 Å². The van der Waals surface area contributed by atoms with Crippen LogP contribution in [-0.4, -0.2) is 40.0 Å². The highest BCUT2D eigenvalue weighted by Gasteiger charge is 2.45. The zero-order valence-corrected chi connectivity index (χ0v) is 15.1. The number of hydrogen-bond donors (Lipinski definition) is 0. The Morgan fingerprint density at radius 3 is 2.54 bits per heavy atom. The minimum absolute atomic E-state index is 0.0547. The molecule has 1 aliphatic heterocycles. The number of nitrogens with zero attached hydrogens (tertiary/aromatic N) is 4. The van der Waals surface area contributed by atoms with Gasteiger partial charge >= 0.3 is 6.03 Å². The number of urea groups is 1. The minimum atomic E-state index is 0.0547. The number of hydrogen-bond acceptors (Lipinski definition) is 3. The van der Waals surface area contributed by atoms with Crippen LogP contribution in [0, 0.1) is 18.8 Å². The third kappa shape index (κ3) is 3.03. The monoisotopic (exact) mass is 346 g/mol. The lowest BCUT2D eigenvalue weighted by atomic mass is 9.90. The minimum Gasteiger partial charge on any atom is -0.322 e. The Morgan fingerprint density at radius 2 is 1.81 bits per heavy atom. The van der Waals surface area contributed by atoms with E-state index in [-0.39, 0.29) is 12.1 Å². The predicted octanol–water partition coefficient (Wildman–Crippen LogP) is 3.37. The van der Waals surface area contributed by atoms with Crippen molar-refractivity contribution < 1.29 is 4.79 Å². The molecule has 0 radical (unpaired) electrons. The van der Waals surface area contributed by atoms with Crippen molar-refractivity contribution in [3.8, 4) is 11.8 Å². The van der Waals surface area contributed by atoms with Crippen LogP contribution in [0.4, 0.5) is 10.6 Å². The van der Waals surface area contributed by atoms with E-state index in [4.69, 9.17) is 0 Å². The van der Waals surface area contributed by atoms with Gasteiger partial charge in [0, 0.05) is 36.8 Å². The van der Waals surface area contributed by atoms with E-state index in [1.54, 1.807) is 12.4 Å². The summed E-state index contributed by atoms with van der Waals surface area (Å²) in [6.07, 6.45) is 9.81. The highest BCUT2D eigenvalue weighted by molar-refractivity contribution is 5.94. The molecule has 1 saturated carbocycles. The molecule has 2 unspecified atom stereocenters. The van der Waals surface area contributed by atoms with E-state index >= 15 is 0 Å². The normalized spacial score (nSPS) is 22.0. The fourth-order valence-electron chi connectivity index (χ4n) is 3.94. The van der Waals surface area contributed by atoms with E-state index < -0.39 is 0 Å². The largest absolute Gasteiger partial charge is 0.326 e. The zero-order chi connectivity index (χ0) is 18.1. The molecule has 2 fully saturated rings. The van der Waals surface area contributed by atoms with E-state index in [0.29, 0.717) is 6.04 Å². The van der Waals surface area contributed by atoms with Crippen molar-refractivity contribution in [2.75, 3.05) is 11.9 Å². The van der Waals surface area contributed by atoms with Crippen molar-refractivity contribution in [3.05, 3.63) is 53.5 Å². The Morgan fingerprint density at radius 1 is 1.04 bits per heavy atom. The molecule has 1 aliphatic carbocycles. The molecule has 2 aromatic rings. The maximum absolute atomic E-state index is 12.7. The second-order valence-corrected chi connectivity index (χ2v) is 7.09. The summed E-state index contributed by atoms with van der Waals surface area (Å²) in [6, 6.07) is 6.45. The fraction of sp³-hybridized carbons (Fsp3) is 0.381. The SMILES string of the molecule is Cc1cncc(C#Cc2ccc(N3C(=O)N(C)C4CCCCC43)nc2)c1. The summed E-state index contributed by atoms with van der Waals surface area (Å²) in [6.45, 7) is 2.00. The fourth-order valence-corrected chi connectivity index (χ4v) is 3.94. The molecule has 5 nitrogen and oxygen atoms in total. The number of aromatic nitrogens is 2. The lowest BCUT2D eigenvalue weighted by Gasteiger charge is -2.30. The van der Waals surface area contributed by atoms with Crippen LogP contribution in [0.3, 0.4) is 0 Å². The van der Waals surface area contributed by atoms with E-state index in [2.05, 4.69) is 21.8 Å². The van der Waals surface area contributed by atoms with Crippen LogP contribution in [0.15, 0.2) is 36.8 Å². The average molecular weight is 346 g/mol. The van der Waals surface area contributed by atoms with Gasteiger partial charge in [-0.3, -0.25) is 9.88 Å². The van der Waals surface area contributed by atoms with Crippen molar-refractivity contribution >= 4 is 11.8 Å². The number of rotatable bonds is 1. The quantitative estimate of drug-likeness (QED) is 0.744. The molecule has 5 heteroatoms. The first-order valence-corrected chi connectivity index (χ1v) is 9.09. The van der Waals surface area contributed by atoms with Crippen LogP contribution in [0.5, 0.6) is 0 Å². The van der Waals surface area contributed by atoms with Gasteiger partial charge in [0.15, 0.2) is 0 Å². The Balaban J connectivity index is 1.56. The van der Waals surface area contributed by atoms with Crippen LogP contribution >= 0.6 is 0 Å². The summed E-state index contributed by atoms with van der Waals surface area (Å²) in [4.78, 5) is 25.1. The third-order valence-electron chi connectivity index (χ3n) is 5.25. The molecule has 2 aliphatic rings. The number of fused-ring (bicyclic) bond motifs is 1. The van der Waals surface area contributed by atoms with Gasteiger partial charge in [0.05, 0.1) is 12.1 Å². The number of aryl methyl sites for hydroxylation is 1. The Labute approximate surface area is 154 Å². The topological polar surface area (TPSA) is 49.3 Å². The molecule has 0 aromatic carbocycles. The molecule has 26 heavy (non-hydrogen) atoms. The van der Waals surface area contributed by atoms with Crippen LogP contribution in [-0.2, 0) is 0 Å². The van der Waals surface area contributed by atoms with E-state index in [1.165, 1.54) is 12.8 Å². The van der Waals surface area contributed by atoms with Gasteiger partial charge in [-0.2, -0.15) is 0 Å². The van der Waals surface area contributed by atoms with Crippen LogP contribution in [0.2, 0.25) is 0 Å². The Bertz CT molecular complexity index is 881. The first kappa shape index (κ1) is 16.6. The van der Waals surface area contributed by atoms with Crippen molar-refractivity contribution in [2.45, 2.75) is 44.7 Å². The van der Waals surface area contributed by atoms with E-state index in [1.807, 2.05) is 48.2 Å². The first-order valence-electron chi connectivity index (χ1n) is 9.09. The molecule has 0 N–H and O–H groups in total. The summed E-state index contributed by atoms with van der Waals surface area (Å²) >= 11 is 0. The lowest BCUT2D eigenvalue weighted by Crippen LogP contribution is -2.39. The van der Waals surface area contributed by atoms with Crippen LogP contribution < -0.4 is 4.90 Å². The average Bonchev–Trinajstić information content (AvgIpc) is 2.92. The Hall–Kier alpha value is -2.87. The van der Waals surface area contributed by atoms with Gasteiger partial charge in [0.1, 0.15) is 5.82 Å². The standard InChI is InChI=1S/C21H22N4O/c1-15-11-17(13-22-12-15)8-7-16-9-10-20(23-14-16)25-19-6-4-3-5-18(19)24(2)21(25)26/h9-14,18-19H,3-6H2,1-2H3. The maximum Gasteiger partial charge on any atom is 0.326 e. The molecule has 1 saturated heterocycles. The maximum atomic E-state index is 12.7. The van der Waals surface area contributed by atoms with Gasteiger partial charge in [-0.25, -0.2) is 9.78 Å². The molecule has 132 valence electrons. The molecule has 0 spiro atoms. The highest BCUT2D eigenvalue weighted by Crippen LogP contribution is 2.35. The second kappa shape index (κ2) is 6.80. The summed E-state index contributed by atoms with van der Waals surface area (Å²) < 4.78 is 0. The third-order valence-corrected chi connectivity index (χ3v) is 5.25. The second-order valence-electron chi connectivity index (χ2n) is 7.09. The summed E-state index contributed by atoms with van der Waals surface area (Å²) in [7, 11) is 1.90. The molecule has 2 atom stereocenters. The summed E-state index contributed by atoms with van der Waals surface area (Å²) in [5.41, 5.74) is 2.80. The number of anilines is 1. The molecular weight excluding hydrogens is 324 g/mol. The summed E-state index contributed by atoms with van der Waals surface area (Å²) in [5.74, 6) is 6.95. The number of carbonyl (C=O) groups is 1. The number of carbonyl (C=O) groups excluding carboxylic acids is 1. The molecule has 2 aromatic heterocycles. The van der Waals surface area contributed by atoms with Gasteiger partial charge in [-0.15, -0.1) is 0 Å². The van der Waals surface area contributed by atoms with E-state index in [9.17, 15) is 4.79 Å². The van der Waals surface area contributed by atoms with Crippen molar-refractivity contribution in [1.29, 1.82) is 0 Å². The van der Waals surface area contributed by atoms with Crippen LogP contribution in [0.25, 0.3) is 0 Å². The number of pyridine rings is 2. The number of amides is 2. The molecule has 4 rings (SSSR count). The van der Waals surface area contributed by atoms with Crippen LogP contribution in [0.1, 0.15) is 42.4 Å². The van der Waals surface area contributed by atoms with E-state index in [0.717, 1.165) is 35.3 Å². The molecule has 2 amide bonds. The van der Waals surface area contributed by atoms with Crippen molar-refractivity contribution in [3.63, 3.8) is 0 Å². The van der Waals surface area contributed by atoms with Gasteiger partial charge in [-0.1, -0.05) is 24.7 Å². The first-order chi connectivity index (χ1) is 12.6.